The quantitative estimate of drug-likeness (QED) is 0.533. The van der Waals surface area contributed by atoms with Crippen LogP contribution in [0, 0.1) is 18.3 Å². The van der Waals surface area contributed by atoms with E-state index in [2.05, 4.69) is 15.6 Å². The molecular formula is C21H17N5O3. The van der Waals surface area contributed by atoms with E-state index in [1.165, 1.54) is 20.2 Å². The van der Waals surface area contributed by atoms with Crippen LogP contribution in [-0.4, -0.2) is 29.0 Å². The molecule has 0 saturated heterocycles. The molecule has 0 spiro atoms. The van der Waals surface area contributed by atoms with E-state index in [9.17, 15) is 14.9 Å². The molecule has 3 rings (SSSR count). The van der Waals surface area contributed by atoms with Crippen molar-refractivity contribution in [3.63, 3.8) is 0 Å². The fraction of sp³-hybridized carbons (Fsp3) is 0.0952. The standard InChI is InChI=1S/C21H17N5O3/c1-14-17(12-22)21(28)26(16-9-4-3-5-10-16)25-19(14)20(27)24-23-13-15-8-6-7-11-18(15)29-2/h3-11,13H,1-2H3,(H,24,27)/b23-13+. The number of aromatic nitrogens is 2. The number of hydrazone groups is 1. The van der Waals surface area contributed by atoms with Crippen LogP contribution in [0.25, 0.3) is 5.69 Å². The summed E-state index contributed by atoms with van der Waals surface area (Å²) < 4.78 is 6.26. The van der Waals surface area contributed by atoms with Crippen molar-refractivity contribution < 1.29 is 9.53 Å². The minimum absolute atomic E-state index is 0.0674. The average Bonchev–Trinajstić information content (AvgIpc) is 2.75. The fourth-order valence-corrected chi connectivity index (χ4v) is 2.68. The SMILES string of the molecule is COc1ccccc1/C=N/NC(=O)c1nn(-c2ccccc2)c(=O)c(C#N)c1C. The van der Waals surface area contributed by atoms with Crippen LogP contribution in [0.15, 0.2) is 64.5 Å². The Hall–Kier alpha value is -4.25. The molecule has 8 heteroatoms. The number of methoxy groups -OCH3 is 1. The molecule has 0 fully saturated rings. The van der Waals surface area contributed by atoms with E-state index in [1.807, 2.05) is 18.2 Å². The number of carbonyl (C=O) groups is 1. The Morgan fingerprint density at radius 1 is 1.21 bits per heavy atom. The molecule has 0 unspecified atom stereocenters. The first-order valence-corrected chi connectivity index (χ1v) is 8.62. The minimum Gasteiger partial charge on any atom is -0.496 e. The first-order valence-electron chi connectivity index (χ1n) is 8.62. The number of hydrogen-bond donors (Lipinski definition) is 1. The van der Waals surface area contributed by atoms with Crippen molar-refractivity contribution in [3.05, 3.63) is 87.3 Å². The third kappa shape index (κ3) is 4.04. The van der Waals surface area contributed by atoms with Crippen LogP contribution in [0.5, 0.6) is 5.75 Å². The largest absolute Gasteiger partial charge is 0.496 e. The van der Waals surface area contributed by atoms with Gasteiger partial charge in [-0.05, 0) is 31.2 Å². The topological polar surface area (TPSA) is 109 Å². The molecule has 0 radical (unpaired) electrons. The Kier molecular flexibility index (Phi) is 5.80. The van der Waals surface area contributed by atoms with Crippen LogP contribution < -0.4 is 15.7 Å². The molecule has 0 bridgehead atoms. The Morgan fingerprint density at radius 3 is 2.59 bits per heavy atom. The number of carbonyl (C=O) groups excluding carboxylic acids is 1. The van der Waals surface area contributed by atoms with E-state index in [-0.39, 0.29) is 16.8 Å². The molecule has 2 aromatic carbocycles. The van der Waals surface area contributed by atoms with Crippen molar-refractivity contribution in [1.82, 2.24) is 15.2 Å². The molecule has 0 atom stereocenters. The monoisotopic (exact) mass is 387 g/mol. The lowest BCUT2D eigenvalue weighted by Crippen LogP contribution is -2.31. The lowest BCUT2D eigenvalue weighted by molar-refractivity contribution is 0.0947. The van der Waals surface area contributed by atoms with Crippen LogP contribution in [0.3, 0.4) is 0 Å². The molecule has 0 saturated carbocycles. The van der Waals surface area contributed by atoms with E-state index in [0.29, 0.717) is 17.0 Å². The fourth-order valence-electron chi connectivity index (χ4n) is 2.68. The number of amides is 1. The maximum atomic E-state index is 12.6. The van der Waals surface area contributed by atoms with Crippen LogP contribution in [0.4, 0.5) is 0 Å². The minimum atomic E-state index is -0.644. The van der Waals surface area contributed by atoms with Gasteiger partial charge in [-0.1, -0.05) is 30.3 Å². The Labute approximate surface area is 166 Å². The molecule has 29 heavy (non-hydrogen) atoms. The number of para-hydroxylation sites is 2. The van der Waals surface area contributed by atoms with E-state index >= 15 is 0 Å². The van der Waals surface area contributed by atoms with Crippen LogP contribution in [0.2, 0.25) is 0 Å². The second kappa shape index (κ2) is 8.63. The maximum absolute atomic E-state index is 12.6. The van der Waals surface area contributed by atoms with Gasteiger partial charge in [-0.25, -0.2) is 5.43 Å². The number of hydrogen-bond acceptors (Lipinski definition) is 6. The van der Waals surface area contributed by atoms with E-state index < -0.39 is 11.5 Å². The van der Waals surface area contributed by atoms with Crippen LogP contribution >= 0.6 is 0 Å². The van der Waals surface area contributed by atoms with Gasteiger partial charge < -0.3 is 4.74 Å². The zero-order valence-corrected chi connectivity index (χ0v) is 15.8. The lowest BCUT2D eigenvalue weighted by Gasteiger charge is -2.10. The lowest BCUT2D eigenvalue weighted by atomic mass is 10.1. The number of ether oxygens (including phenoxy) is 1. The summed E-state index contributed by atoms with van der Waals surface area (Å²) in [7, 11) is 1.54. The second-order valence-electron chi connectivity index (χ2n) is 5.95. The summed E-state index contributed by atoms with van der Waals surface area (Å²) in [5.74, 6) is -0.0426. The number of nitriles is 1. The summed E-state index contributed by atoms with van der Waals surface area (Å²) in [6.45, 7) is 1.50. The van der Waals surface area contributed by atoms with Crippen LogP contribution in [0.1, 0.15) is 27.2 Å². The number of nitrogens with zero attached hydrogens (tertiary/aromatic N) is 4. The highest BCUT2D eigenvalue weighted by Gasteiger charge is 2.20. The van der Waals surface area contributed by atoms with Crippen molar-refractivity contribution >= 4 is 12.1 Å². The van der Waals surface area contributed by atoms with Crippen molar-refractivity contribution in [2.24, 2.45) is 5.10 Å². The highest BCUT2D eigenvalue weighted by atomic mass is 16.5. The predicted octanol–water partition coefficient (Wildman–Crippen LogP) is 2.19. The molecular weight excluding hydrogens is 370 g/mol. The van der Waals surface area contributed by atoms with Crippen molar-refractivity contribution in [1.29, 1.82) is 5.26 Å². The summed E-state index contributed by atoms with van der Waals surface area (Å²) in [5.41, 5.74) is 2.87. The molecule has 3 aromatic rings. The van der Waals surface area contributed by atoms with E-state index in [0.717, 1.165) is 4.68 Å². The average molecular weight is 387 g/mol. The summed E-state index contributed by atoms with van der Waals surface area (Å²) in [6.07, 6.45) is 1.44. The highest BCUT2D eigenvalue weighted by Crippen LogP contribution is 2.14. The number of rotatable bonds is 5. The smallest absolute Gasteiger partial charge is 0.292 e. The molecule has 8 nitrogen and oxygen atoms in total. The molecule has 1 amide bonds. The first kappa shape index (κ1) is 19.5. The maximum Gasteiger partial charge on any atom is 0.292 e. The zero-order chi connectivity index (χ0) is 20.8. The summed E-state index contributed by atoms with van der Waals surface area (Å²) in [5, 5.41) is 17.5. The molecule has 144 valence electrons. The summed E-state index contributed by atoms with van der Waals surface area (Å²) in [4.78, 5) is 25.2. The normalized spacial score (nSPS) is 10.5. The Balaban J connectivity index is 1.96. The van der Waals surface area contributed by atoms with Gasteiger partial charge in [-0.3, -0.25) is 9.59 Å². The predicted molar refractivity (Wildman–Crippen MR) is 107 cm³/mol. The van der Waals surface area contributed by atoms with Crippen molar-refractivity contribution in [3.8, 4) is 17.5 Å². The Bertz CT molecular complexity index is 1180. The number of nitrogens with one attached hydrogen (secondary N) is 1. The summed E-state index contributed by atoms with van der Waals surface area (Å²) in [6, 6.07) is 17.6. The van der Waals surface area contributed by atoms with E-state index in [1.54, 1.807) is 42.5 Å². The number of benzene rings is 2. The van der Waals surface area contributed by atoms with Gasteiger partial charge in [0.2, 0.25) is 0 Å². The molecule has 0 aliphatic heterocycles. The molecule has 1 aromatic heterocycles. The van der Waals surface area contributed by atoms with Crippen molar-refractivity contribution in [2.75, 3.05) is 7.11 Å². The van der Waals surface area contributed by atoms with E-state index in [4.69, 9.17) is 4.74 Å². The van der Waals surface area contributed by atoms with Gasteiger partial charge in [0.1, 0.15) is 17.4 Å². The third-order valence-electron chi connectivity index (χ3n) is 4.17. The van der Waals surface area contributed by atoms with Gasteiger partial charge in [-0.15, -0.1) is 0 Å². The molecule has 1 N–H and O–H groups in total. The van der Waals surface area contributed by atoms with Gasteiger partial charge in [0.05, 0.1) is 19.0 Å². The third-order valence-corrected chi connectivity index (χ3v) is 4.17. The van der Waals surface area contributed by atoms with Gasteiger partial charge in [0, 0.05) is 11.1 Å². The van der Waals surface area contributed by atoms with Gasteiger partial charge in [0.15, 0.2) is 5.69 Å². The molecule has 1 heterocycles. The molecule has 0 aliphatic rings. The zero-order valence-electron chi connectivity index (χ0n) is 15.8. The van der Waals surface area contributed by atoms with Crippen molar-refractivity contribution in [2.45, 2.75) is 6.92 Å². The molecule has 0 aliphatic carbocycles. The van der Waals surface area contributed by atoms with Gasteiger partial charge in [0.25, 0.3) is 11.5 Å². The van der Waals surface area contributed by atoms with Crippen LogP contribution in [-0.2, 0) is 0 Å². The van der Waals surface area contributed by atoms with Gasteiger partial charge >= 0.3 is 0 Å². The Morgan fingerprint density at radius 2 is 1.90 bits per heavy atom. The first-order chi connectivity index (χ1) is 14.1. The highest BCUT2D eigenvalue weighted by molar-refractivity contribution is 5.95. The van der Waals surface area contributed by atoms with Gasteiger partial charge in [-0.2, -0.15) is 20.1 Å². The summed E-state index contributed by atoms with van der Waals surface area (Å²) >= 11 is 0. The second-order valence-corrected chi connectivity index (χ2v) is 5.95.